The highest BCUT2D eigenvalue weighted by molar-refractivity contribution is 5.79. The Morgan fingerprint density at radius 3 is 0.959 bits per heavy atom. The molecule has 0 aromatic carbocycles. The number of ether oxygens (including phenoxy) is 6. The quantitative estimate of drug-likeness (QED) is 0.0753. The number of aliphatic hydroxyl groups is 3. The molecule has 6 saturated carbocycles. The molecule has 1 aliphatic heterocycles. The molecule has 7 fully saturated rings. The molecule has 0 amide bonds. The number of ketones is 1. The van der Waals surface area contributed by atoms with Crippen molar-refractivity contribution in [3.63, 3.8) is 0 Å². The predicted molar refractivity (Wildman–Crippen MR) is 412 cm³/mol. The Kier molecular flexibility index (Phi) is 35.5. The molecule has 14 unspecified atom stereocenters. The molecule has 0 bridgehead atoms. The van der Waals surface area contributed by atoms with E-state index in [-0.39, 0.29) is 103 Å². The smallest absolute Gasteiger partial charge is 0.158 e. The average molecular weight is 1370 g/mol. The zero-order valence-electron chi connectivity index (χ0n) is 70.6. The molecule has 0 aromatic heterocycles. The molecule has 6 aliphatic carbocycles. The van der Waals surface area contributed by atoms with Crippen molar-refractivity contribution in [3.8, 4) is 0 Å². The van der Waals surface area contributed by atoms with Gasteiger partial charge >= 0.3 is 0 Å². The number of epoxide rings is 1. The summed E-state index contributed by atoms with van der Waals surface area (Å²) in [6.45, 7) is 82.5. The van der Waals surface area contributed by atoms with Crippen LogP contribution in [0.15, 0.2) is 12.7 Å². The number of hydrogen-bond acceptors (Lipinski definition) is 10. The van der Waals surface area contributed by atoms with Gasteiger partial charge in [0, 0.05) is 6.42 Å². The van der Waals surface area contributed by atoms with Gasteiger partial charge in [-0.2, -0.15) is 0 Å². The third kappa shape index (κ3) is 25.7. The fraction of sp³-hybridized carbons (Fsp3) is 0.966. The summed E-state index contributed by atoms with van der Waals surface area (Å²) in [5.41, 5.74) is 2.44. The lowest BCUT2D eigenvalue weighted by atomic mass is 9.58. The lowest BCUT2D eigenvalue weighted by Gasteiger charge is -2.52. The van der Waals surface area contributed by atoms with Gasteiger partial charge in [-0.05, 0) is 197 Å². The number of rotatable bonds is 21. The van der Waals surface area contributed by atoms with Crippen molar-refractivity contribution >= 4 is 5.78 Å². The zero-order valence-corrected chi connectivity index (χ0v) is 70.6. The van der Waals surface area contributed by atoms with E-state index >= 15 is 0 Å². The van der Waals surface area contributed by atoms with E-state index in [9.17, 15) is 20.1 Å². The van der Waals surface area contributed by atoms with E-state index in [1.54, 1.807) is 0 Å². The maximum Gasteiger partial charge on any atom is 0.158 e. The molecule has 10 nitrogen and oxygen atoms in total. The lowest BCUT2D eigenvalue weighted by molar-refractivity contribution is -0.156. The van der Waals surface area contributed by atoms with Crippen molar-refractivity contribution < 1.29 is 48.5 Å². The minimum atomic E-state index is -0.307. The Hall–Kier alpha value is -0.950. The van der Waals surface area contributed by atoms with Gasteiger partial charge in [-0.25, -0.2) is 0 Å². The number of carbonyl (C=O) groups excluding carboxylic acids is 1. The van der Waals surface area contributed by atoms with Crippen molar-refractivity contribution in [2.75, 3.05) is 39.6 Å². The van der Waals surface area contributed by atoms with Crippen molar-refractivity contribution in [2.24, 2.45) is 100 Å². The SMILES string of the molecule is C=CCOC1C(C)(C)CCC(C)C1(C)C.CC1CCC(C)(C)C(O)C1(C)C.CC1CCC(C)(C)C(OCC2CO2)C1(C)C.CCCC(=O)COC1C(C)(C)CCC(C)C1(C)C.CCCC(O)COC1C(C)(C)CCC(C)C1(C)C.CCC[C@H](O)COC1C(C)(C)CCC(C)C1(C)C. The van der Waals surface area contributed by atoms with Crippen molar-refractivity contribution in [1.29, 1.82) is 0 Å². The molecule has 7 aliphatic rings. The molecule has 7 rings (SSSR count). The van der Waals surface area contributed by atoms with Crippen LogP contribution in [0.4, 0.5) is 0 Å². The van der Waals surface area contributed by atoms with Gasteiger partial charge in [-0.15, -0.1) is 6.58 Å². The van der Waals surface area contributed by atoms with Gasteiger partial charge in [0.25, 0.3) is 0 Å². The standard InChI is InChI=1S/2C16H32O2.C16H30O2.C14H26O2.C14H26O.C11H22O/c3*1-7-8-13(17)11-18-14-15(3,4)10-9-12(2)16(14,5)6;1-10-6-7-13(2,3)12(14(10,4)5)16-9-11-8-15-11;1-7-10-15-12-13(3,4)9-8-11(2)14(12,5)6;1-8-6-7-10(2,3)9(12)11(8,4)5/h2*12-14,17H,7-11H2,1-6H3;12,14H,7-11H2,1-6H3;10-12H,6-9H2,1-5H3;7,11-12H,1,8-10H2,2-6H3;8-9,12H,6-7H2,1-5H3/t12?,13-,14?;;;;;/m0...../s1. The molecular formula is C87H168O10. The van der Waals surface area contributed by atoms with Crippen LogP contribution in [0.3, 0.4) is 0 Å². The molecule has 10 heteroatoms. The fourth-order valence-electron chi connectivity index (χ4n) is 18.7. The second-order valence-corrected chi connectivity index (χ2v) is 40.9. The Morgan fingerprint density at radius 2 is 0.691 bits per heavy atom. The second kappa shape index (κ2) is 37.3. The largest absolute Gasteiger partial charge is 0.392 e. The topological polar surface area (TPSA) is 136 Å². The fourth-order valence-corrected chi connectivity index (χ4v) is 18.7. The summed E-state index contributed by atoms with van der Waals surface area (Å²) in [6.07, 6.45) is 23.0. The molecule has 0 aromatic rings. The number of aliphatic hydroxyl groups excluding tert-OH is 3. The summed E-state index contributed by atoms with van der Waals surface area (Å²) in [4.78, 5) is 11.7. The highest BCUT2D eigenvalue weighted by Gasteiger charge is 2.54. The van der Waals surface area contributed by atoms with E-state index in [0.29, 0.717) is 79.1 Å². The summed E-state index contributed by atoms with van der Waals surface area (Å²) in [7, 11) is 0. The van der Waals surface area contributed by atoms with E-state index in [4.69, 9.17) is 28.4 Å². The van der Waals surface area contributed by atoms with Gasteiger partial charge < -0.3 is 43.7 Å². The summed E-state index contributed by atoms with van der Waals surface area (Å²) < 4.78 is 35.8. The van der Waals surface area contributed by atoms with Gasteiger partial charge in [-0.1, -0.05) is 247 Å². The first-order valence-corrected chi connectivity index (χ1v) is 40.0. The lowest BCUT2D eigenvalue weighted by Crippen LogP contribution is -2.51. The molecule has 0 radical (unpaired) electrons. The van der Waals surface area contributed by atoms with Gasteiger partial charge in [0.2, 0.25) is 0 Å². The van der Waals surface area contributed by atoms with Crippen LogP contribution in [0.2, 0.25) is 0 Å². The molecule has 3 N–H and O–H groups in total. The van der Waals surface area contributed by atoms with Crippen LogP contribution < -0.4 is 0 Å². The zero-order chi connectivity index (χ0) is 75.2. The highest BCUT2D eigenvalue weighted by atomic mass is 16.6. The van der Waals surface area contributed by atoms with Crippen LogP contribution in [-0.2, 0) is 33.2 Å². The monoisotopic (exact) mass is 1370 g/mol. The van der Waals surface area contributed by atoms with Crippen LogP contribution >= 0.6 is 0 Å². The highest BCUT2D eigenvalue weighted by Crippen LogP contribution is 2.56. The molecular weight excluding hydrogens is 1200 g/mol. The minimum absolute atomic E-state index is 0.0851. The summed E-state index contributed by atoms with van der Waals surface area (Å²) in [5, 5.41) is 29.9. The Bertz CT molecular complexity index is 2210. The first kappa shape index (κ1) is 92.1. The normalized spacial score (nSPS) is 34.3. The van der Waals surface area contributed by atoms with Gasteiger partial charge in [0.05, 0.1) is 81.9 Å². The van der Waals surface area contributed by atoms with Gasteiger partial charge in [0.1, 0.15) is 12.7 Å². The summed E-state index contributed by atoms with van der Waals surface area (Å²) in [5.74, 6) is 4.36. The van der Waals surface area contributed by atoms with Crippen molar-refractivity contribution in [1.82, 2.24) is 0 Å². The molecule has 576 valence electrons. The summed E-state index contributed by atoms with van der Waals surface area (Å²) >= 11 is 0. The van der Waals surface area contributed by atoms with Crippen LogP contribution in [0, 0.1) is 100 Å². The van der Waals surface area contributed by atoms with Crippen molar-refractivity contribution in [2.45, 2.75) is 399 Å². The van der Waals surface area contributed by atoms with Crippen LogP contribution in [0.25, 0.3) is 0 Å². The third-order valence-electron chi connectivity index (χ3n) is 27.6. The Labute approximate surface area is 603 Å². The van der Waals surface area contributed by atoms with E-state index < -0.39 is 0 Å². The average Bonchev–Trinajstić information content (AvgIpc) is 1.77. The maximum atomic E-state index is 11.7. The van der Waals surface area contributed by atoms with Crippen LogP contribution in [0.1, 0.15) is 344 Å². The number of Topliss-reactive ketones (excluding diaryl/α,β-unsaturated/α-hetero) is 1. The van der Waals surface area contributed by atoms with E-state index in [2.05, 4.69) is 228 Å². The van der Waals surface area contributed by atoms with E-state index in [0.717, 1.165) is 63.6 Å². The van der Waals surface area contributed by atoms with Crippen LogP contribution in [0.5, 0.6) is 0 Å². The summed E-state index contributed by atoms with van der Waals surface area (Å²) in [6, 6.07) is 0. The molecule has 15 atom stereocenters. The minimum Gasteiger partial charge on any atom is -0.392 e. The van der Waals surface area contributed by atoms with E-state index in [1.165, 1.54) is 70.6 Å². The Balaban J connectivity index is 0.000000398. The maximum absolute atomic E-state index is 11.7. The molecule has 97 heavy (non-hydrogen) atoms. The molecule has 1 saturated heterocycles. The molecule has 0 spiro atoms. The first-order chi connectivity index (χ1) is 44.1. The predicted octanol–water partition coefficient (Wildman–Crippen LogP) is 22.4. The van der Waals surface area contributed by atoms with Gasteiger partial charge in [-0.3, -0.25) is 4.79 Å². The van der Waals surface area contributed by atoms with Crippen molar-refractivity contribution in [3.05, 3.63) is 12.7 Å². The second-order valence-electron chi connectivity index (χ2n) is 40.9. The number of hydrogen-bond donors (Lipinski definition) is 3. The number of carbonyl (C=O) groups is 1. The molecule has 1 heterocycles. The van der Waals surface area contributed by atoms with Crippen LogP contribution in [-0.4, -0.2) is 116 Å². The third-order valence-corrected chi connectivity index (χ3v) is 27.6. The van der Waals surface area contributed by atoms with Gasteiger partial charge in [0.15, 0.2) is 5.78 Å². The Morgan fingerprint density at radius 1 is 0.423 bits per heavy atom. The van der Waals surface area contributed by atoms with E-state index in [1.807, 2.05) is 13.0 Å². The first-order valence-electron chi connectivity index (χ1n) is 40.0.